The molecular weight excluding hydrogens is 632 g/mol. The molecule has 7 bridgehead atoms. The van der Waals surface area contributed by atoms with Gasteiger partial charge in [0.05, 0.1) is 48.3 Å². The lowest BCUT2D eigenvalue weighted by molar-refractivity contribution is -0.320. The minimum atomic E-state index is -1.68. The minimum absolute atomic E-state index is 0.0516. The Balaban J connectivity index is 1.20. The average molecular weight is 683 g/mol. The molecule has 5 aliphatic carbocycles. The fraction of sp³-hybridized carbons (Fsp3) is 0.757. The van der Waals surface area contributed by atoms with Gasteiger partial charge in [-0.15, -0.1) is 0 Å². The molecule has 1 aromatic rings. The molecule has 8 rings (SSSR count). The SMILES string of the molecule is CCN1CC2(COC(=O)c3cccc(N4C(=O)CC(C)C4=O)c3)CCC(OC)C34C5CC6C(OC)CC(O)(C5C6OC)C(O)(C(OC)C23)C14. The number of benzene rings is 1. The van der Waals surface area contributed by atoms with Crippen LogP contribution in [0.15, 0.2) is 24.3 Å². The molecule has 2 N–H and O–H groups in total. The third-order valence-corrected chi connectivity index (χ3v) is 14.5. The number of likely N-dealkylation sites (N-methyl/N-ethyl adjacent to an activating group) is 1. The number of carbonyl (C=O) groups is 3. The fourth-order valence-electron chi connectivity index (χ4n) is 13.1. The van der Waals surface area contributed by atoms with Crippen molar-refractivity contribution in [3.63, 3.8) is 0 Å². The summed E-state index contributed by atoms with van der Waals surface area (Å²) in [5.74, 6) is -2.19. The fourth-order valence-corrected chi connectivity index (χ4v) is 13.1. The van der Waals surface area contributed by atoms with Crippen LogP contribution in [0, 0.1) is 40.4 Å². The van der Waals surface area contributed by atoms with Gasteiger partial charge in [-0.2, -0.15) is 0 Å². The van der Waals surface area contributed by atoms with E-state index in [1.54, 1.807) is 59.6 Å². The van der Waals surface area contributed by atoms with Crippen molar-refractivity contribution in [2.24, 2.45) is 40.4 Å². The Kier molecular flexibility index (Phi) is 7.75. The first-order chi connectivity index (χ1) is 23.4. The van der Waals surface area contributed by atoms with Crippen LogP contribution in [0.3, 0.4) is 0 Å². The van der Waals surface area contributed by atoms with E-state index in [1.807, 2.05) is 0 Å². The Morgan fingerprint density at radius 3 is 2.47 bits per heavy atom. The zero-order valence-electron chi connectivity index (χ0n) is 29.3. The second-order valence-electron chi connectivity index (χ2n) is 16.0. The summed E-state index contributed by atoms with van der Waals surface area (Å²) in [6.07, 6.45) is 0.958. The van der Waals surface area contributed by atoms with E-state index in [0.29, 0.717) is 31.6 Å². The van der Waals surface area contributed by atoms with E-state index in [0.717, 1.165) is 11.3 Å². The summed E-state index contributed by atoms with van der Waals surface area (Å²) in [5, 5.41) is 26.5. The van der Waals surface area contributed by atoms with Crippen molar-refractivity contribution in [3.8, 4) is 0 Å². The molecule has 2 heterocycles. The minimum Gasteiger partial charge on any atom is -0.461 e. The molecule has 2 amide bonds. The van der Waals surface area contributed by atoms with E-state index >= 15 is 0 Å². The predicted octanol–water partition coefficient (Wildman–Crippen LogP) is 2.04. The van der Waals surface area contributed by atoms with E-state index in [1.165, 1.54) is 0 Å². The second kappa shape index (κ2) is 11.3. The van der Waals surface area contributed by atoms with Gasteiger partial charge < -0.3 is 33.9 Å². The molecule has 7 fully saturated rings. The highest BCUT2D eigenvalue weighted by Gasteiger charge is 2.91. The van der Waals surface area contributed by atoms with E-state index in [-0.39, 0.29) is 78.8 Å². The number of esters is 1. The molecule has 2 aliphatic heterocycles. The summed E-state index contributed by atoms with van der Waals surface area (Å²) in [7, 11) is 6.72. The quantitative estimate of drug-likeness (QED) is 0.292. The Morgan fingerprint density at radius 2 is 1.84 bits per heavy atom. The molecule has 49 heavy (non-hydrogen) atoms. The molecule has 14 atom stereocenters. The van der Waals surface area contributed by atoms with Crippen LogP contribution in [0.25, 0.3) is 0 Å². The lowest BCUT2D eigenvalue weighted by Crippen LogP contribution is -2.82. The number of imide groups is 1. The van der Waals surface area contributed by atoms with Gasteiger partial charge in [-0.25, -0.2) is 4.79 Å². The van der Waals surface area contributed by atoms with Crippen molar-refractivity contribution in [1.82, 2.24) is 4.90 Å². The maximum atomic E-state index is 13.8. The molecule has 0 radical (unpaired) electrons. The van der Waals surface area contributed by atoms with Crippen molar-refractivity contribution in [2.75, 3.05) is 53.0 Å². The smallest absolute Gasteiger partial charge is 0.338 e. The van der Waals surface area contributed by atoms with E-state index in [2.05, 4.69) is 11.8 Å². The topological polar surface area (TPSA) is 144 Å². The number of piperidine rings is 1. The van der Waals surface area contributed by atoms with Crippen LogP contribution in [-0.4, -0.2) is 123 Å². The van der Waals surface area contributed by atoms with Gasteiger partial charge in [0.25, 0.3) is 0 Å². The van der Waals surface area contributed by atoms with Gasteiger partial charge in [0.1, 0.15) is 11.2 Å². The van der Waals surface area contributed by atoms with Crippen LogP contribution in [0.5, 0.6) is 0 Å². The van der Waals surface area contributed by atoms with Gasteiger partial charge in [0.15, 0.2) is 0 Å². The normalized spacial score (nSPS) is 48.0. The zero-order valence-corrected chi connectivity index (χ0v) is 29.3. The van der Waals surface area contributed by atoms with E-state index in [4.69, 9.17) is 23.7 Å². The van der Waals surface area contributed by atoms with Gasteiger partial charge in [-0.1, -0.05) is 19.9 Å². The molecule has 7 aliphatic rings. The number of aliphatic hydroxyl groups is 2. The molecule has 12 heteroatoms. The van der Waals surface area contributed by atoms with Crippen LogP contribution >= 0.6 is 0 Å². The number of hydrogen-bond donors (Lipinski definition) is 2. The Hall–Kier alpha value is -2.45. The summed E-state index contributed by atoms with van der Waals surface area (Å²) in [6, 6.07) is 6.03. The van der Waals surface area contributed by atoms with Crippen LogP contribution in [0.2, 0.25) is 0 Å². The largest absolute Gasteiger partial charge is 0.461 e. The maximum Gasteiger partial charge on any atom is 0.338 e. The highest BCUT2D eigenvalue weighted by atomic mass is 16.5. The van der Waals surface area contributed by atoms with Crippen LogP contribution in [0.1, 0.15) is 56.3 Å². The summed E-state index contributed by atoms with van der Waals surface area (Å²) in [6.45, 7) is 5.04. The third-order valence-electron chi connectivity index (χ3n) is 14.5. The van der Waals surface area contributed by atoms with E-state index < -0.39 is 46.1 Å². The molecule has 2 saturated heterocycles. The monoisotopic (exact) mass is 682 g/mol. The number of anilines is 1. The number of ether oxygens (including phenoxy) is 5. The van der Waals surface area contributed by atoms with Gasteiger partial charge in [-0.3, -0.25) is 19.4 Å². The summed E-state index contributed by atoms with van der Waals surface area (Å²) in [4.78, 5) is 42.6. The Bertz CT molecular complexity index is 1560. The summed E-state index contributed by atoms with van der Waals surface area (Å²) >= 11 is 0. The maximum absolute atomic E-state index is 13.8. The van der Waals surface area contributed by atoms with Gasteiger partial charge in [0, 0.05) is 82.3 Å². The molecular formula is C37H50N2O10. The van der Waals surface area contributed by atoms with Crippen LogP contribution < -0.4 is 4.90 Å². The lowest BCUT2D eigenvalue weighted by atomic mass is 9.42. The number of likely N-dealkylation sites (tertiary alicyclic amines) is 1. The third kappa shape index (κ3) is 3.91. The molecule has 12 nitrogen and oxygen atoms in total. The number of carbonyl (C=O) groups excluding carboxylic acids is 3. The number of rotatable bonds is 9. The number of hydrogen-bond acceptors (Lipinski definition) is 11. The highest BCUT2D eigenvalue weighted by molar-refractivity contribution is 6.21. The highest BCUT2D eigenvalue weighted by Crippen LogP contribution is 2.80. The molecule has 5 saturated carbocycles. The molecule has 14 unspecified atom stereocenters. The van der Waals surface area contributed by atoms with Gasteiger partial charge >= 0.3 is 5.97 Å². The first-order valence-electron chi connectivity index (χ1n) is 17.9. The second-order valence-corrected chi connectivity index (χ2v) is 16.0. The summed E-state index contributed by atoms with van der Waals surface area (Å²) < 4.78 is 31.3. The zero-order chi connectivity index (χ0) is 34.8. The molecule has 0 aromatic heterocycles. The number of methoxy groups -OCH3 is 4. The van der Waals surface area contributed by atoms with Crippen molar-refractivity contribution >= 4 is 23.5 Å². The Morgan fingerprint density at radius 1 is 1.06 bits per heavy atom. The number of nitrogens with zero attached hydrogens (tertiary/aromatic N) is 2. The van der Waals surface area contributed by atoms with E-state index in [9.17, 15) is 24.6 Å². The lowest BCUT2D eigenvalue weighted by Gasteiger charge is -2.70. The Labute approximate surface area is 287 Å². The van der Waals surface area contributed by atoms with Gasteiger partial charge in [0.2, 0.25) is 11.8 Å². The number of fused-ring (bicyclic) bond motifs is 2. The molecule has 1 spiro atoms. The number of amides is 2. The van der Waals surface area contributed by atoms with Crippen molar-refractivity contribution < 1.29 is 48.3 Å². The van der Waals surface area contributed by atoms with Gasteiger partial charge in [-0.05, 0) is 49.9 Å². The first kappa shape index (κ1) is 33.7. The predicted molar refractivity (Wildman–Crippen MR) is 174 cm³/mol. The van der Waals surface area contributed by atoms with Crippen LogP contribution in [-0.2, 0) is 33.3 Å². The van der Waals surface area contributed by atoms with Crippen molar-refractivity contribution in [3.05, 3.63) is 29.8 Å². The average Bonchev–Trinajstić information content (AvgIpc) is 3.63. The molecule has 268 valence electrons. The van der Waals surface area contributed by atoms with Crippen molar-refractivity contribution in [2.45, 2.75) is 87.6 Å². The van der Waals surface area contributed by atoms with Crippen molar-refractivity contribution in [1.29, 1.82) is 0 Å². The molecule has 1 aromatic carbocycles. The first-order valence-corrected chi connectivity index (χ1v) is 17.9. The van der Waals surface area contributed by atoms with Crippen LogP contribution in [0.4, 0.5) is 5.69 Å². The standard InChI is InChI=1S/C37H50N2O10/c1-7-38-17-34(18-49-32(42)20-9-8-10-21(14-20)39-26(40)13-19(2)31(39)41)12-11-25(46-4)36-23-15-22-24(45-3)16-35(43,27(23)28(22)47-5)37(44,33(36)38)30(48-6)29(34)36/h8-10,14,19,22-25,27-30,33,43-44H,7,11-13,15-18H2,1-6H3. The summed E-state index contributed by atoms with van der Waals surface area (Å²) in [5.41, 5.74) is -3.87.